The van der Waals surface area contributed by atoms with Crippen LogP contribution in [0.3, 0.4) is 0 Å². The van der Waals surface area contributed by atoms with E-state index in [0.29, 0.717) is 5.65 Å². The van der Waals surface area contributed by atoms with Crippen LogP contribution in [-0.2, 0) is 15.5 Å². The van der Waals surface area contributed by atoms with Gasteiger partial charge < -0.3 is 0 Å². The second-order valence-corrected chi connectivity index (χ2v) is 6.37. The van der Waals surface area contributed by atoms with E-state index in [1.54, 1.807) is 12.3 Å². The molecule has 2 aromatic rings. The smallest absolute Gasteiger partial charge is 0.214 e. The molecule has 0 amide bonds. The van der Waals surface area contributed by atoms with Crippen LogP contribution in [0.25, 0.3) is 5.65 Å². The van der Waals surface area contributed by atoms with Crippen LogP contribution >= 0.6 is 22.3 Å². The van der Waals surface area contributed by atoms with Gasteiger partial charge in [0, 0.05) is 10.7 Å². The third-order valence-electron chi connectivity index (χ3n) is 2.22. The molecule has 5 nitrogen and oxygen atoms in total. The van der Waals surface area contributed by atoms with E-state index >= 15 is 0 Å². The third-order valence-corrected chi connectivity index (χ3v) is 3.86. The van der Waals surface area contributed by atoms with Gasteiger partial charge >= 0.3 is 0 Å². The monoisotopic (exact) mass is 293 g/mol. The summed E-state index contributed by atoms with van der Waals surface area (Å²) >= 11 is 5.75. The van der Waals surface area contributed by atoms with Crippen LogP contribution < -0.4 is 0 Å². The quantitative estimate of drug-likeness (QED) is 0.814. The minimum Gasteiger partial charge on any atom is -0.214 e. The highest BCUT2D eigenvalue weighted by molar-refractivity contribution is 8.13. The summed E-state index contributed by atoms with van der Waals surface area (Å²) in [7, 11) is 1.31. The molecule has 0 saturated carbocycles. The summed E-state index contributed by atoms with van der Waals surface area (Å²) in [5, 5.41) is 3.53. The van der Waals surface area contributed by atoms with Gasteiger partial charge in [-0.05, 0) is 18.1 Å². The molecule has 0 radical (unpaired) electrons. The molecule has 0 aliphatic heterocycles. The van der Waals surface area contributed by atoms with E-state index in [4.69, 9.17) is 22.3 Å². The molecule has 92 valence electrons. The van der Waals surface area contributed by atoms with Gasteiger partial charge in [0.15, 0.2) is 10.8 Å². The number of rotatable bonds is 3. The number of hydrogen-bond donors (Lipinski definition) is 0. The Balaban J connectivity index is 2.69. The molecule has 0 saturated heterocycles. The lowest BCUT2D eigenvalue weighted by molar-refractivity contribution is 0.602. The van der Waals surface area contributed by atoms with E-state index in [1.807, 2.05) is 6.92 Å². The number of aromatic nitrogens is 3. The lowest BCUT2D eigenvalue weighted by Crippen LogP contribution is -2.02. The van der Waals surface area contributed by atoms with Gasteiger partial charge in [-0.2, -0.15) is 9.61 Å². The van der Waals surface area contributed by atoms with Crippen molar-refractivity contribution in [2.24, 2.45) is 0 Å². The highest BCUT2D eigenvalue weighted by Gasteiger charge is 2.23. The van der Waals surface area contributed by atoms with Crippen LogP contribution in [0.15, 0.2) is 17.3 Å². The fourth-order valence-electron chi connectivity index (χ4n) is 1.56. The maximum atomic E-state index is 11.3. The molecule has 0 spiro atoms. The summed E-state index contributed by atoms with van der Waals surface area (Å²) in [5.74, 6) is 0. The van der Waals surface area contributed by atoms with Gasteiger partial charge in [0.25, 0.3) is 9.05 Å². The van der Waals surface area contributed by atoms with Crippen molar-refractivity contribution in [2.75, 3.05) is 0 Å². The van der Waals surface area contributed by atoms with Gasteiger partial charge in [-0.15, -0.1) is 0 Å². The molecule has 0 aliphatic carbocycles. The Labute approximate surface area is 108 Å². The number of aryl methyl sites for hydroxylation is 1. The van der Waals surface area contributed by atoms with E-state index in [-0.39, 0.29) is 10.2 Å². The van der Waals surface area contributed by atoms with Crippen LogP contribution in [0.4, 0.5) is 0 Å². The van der Waals surface area contributed by atoms with Crippen LogP contribution in [-0.4, -0.2) is 23.0 Å². The Bertz CT molecular complexity index is 666. The minimum absolute atomic E-state index is 0.166. The molecule has 2 heterocycles. The first-order valence-electron chi connectivity index (χ1n) is 4.91. The van der Waals surface area contributed by atoms with Crippen LogP contribution in [0, 0.1) is 0 Å². The van der Waals surface area contributed by atoms with Crippen molar-refractivity contribution in [2.45, 2.75) is 24.8 Å². The zero-order valence-corrected chi connectivity index (χ0v) is 11.2. The predicted octanol–water partition coefficient (Wildman–Crippen LogP) is 2.26. The molecular formula is C9H9Cl2N3O2S. The zero-order valence-electron chi connectivity index (χ0n) is 8.89. The van der Waals surface area contributed by atoms with Crippen molar-refractivity contribution in [3.05, 3.63) is 23.0 Å². The SMILES string of the molecule is CCCc1cnn2c(S(=O)(=O)Cl)c(Cl)nc2c1. The van der Waals surface area contributed by atoms with Gasteiger partial charge in [0.05, 0.1) is 6.20 Å². The number of hydrogen-bond acceptors (Lipinski definition) is 4. The lowest BCUT2D eigenvalue weighted by atomic mass is 10.2. The fourth-order valence-corrected chi connectivity index (χ4v) is 3.16. The van der Waals surface area contributed by atoms with E-state index < -0.39 is 9.05 Å². The summed E-state index contributed by atoms with van der Waals surface area (Å²) < 4.78 is 23.8. The molecule has 8 heteroatoms. The largest absolute Gasteiger partial charge is 0.281 e. The molecular weight excluding hydrogens is 285 g/mol. The van der Waals surface area contributed by atoms with Crippen molar-refractivity contribution in [1.82, 2.24) is 14.6 Å². The van der Waals surface area contributed by atoms with Crippen molar-refractivity contribution in [3.63, 3.8) is 0 Å². The highest BCUT2D eigenvalue weighted by Crippen LogP contribution is 2.25. The molecule has 17 heavy (non-hydrogen) atoms. The first kappa shape index (κ1) is 12.6. The Morgan fingerprint density at radius 2 is 2.18 bits per heavy atom. The number of nitrogens with zero attached hydrogens (tertiary/aromatic N) is 3. The molecule has 0 unspecified atom stereocenters. The summed E-state index contributed by atoms with van der Waals surface area (Å²) in [6.07, 6.45) is 3.39. The maximum Gasteiger partial charge on any atom is 0.281 e. The molecule has 0 N–H and O–H groups in total. The maximum absolute atomic E-state index is 11.3. The Morgan fingerprint density at radius 1 is 1.47 bits per heavy atom. The second-order valence-electron chi connectivity index (χ2n) is 3.53. The van der Waals surface area contributed by atoms with Crippen molar-refractivity contribution >= 4 is 37.0 Å². The summed E-state index contributed by atoms with van der Waals surface area (Å²) in [6, 6.07) is 1.74. The highest BCUT2D eigenvalue weighted by atomic mass is 35.7. The van der Waals surface area contributed by atoms with Crippen LogP contribution in [0.1, 0.15) is 18.9 Å². The molecule has 0 atom stereocenters. The number of halogens is 2. The van der Waals surface area contributed by atoms with Crippen molar-refractivity contribution < 1.29 is 8.42 Å². The van der Waals surface area contributed by atoms with Crippen LogP contribution in [0.5, 0.6) is 0 Å². The standard InChI is InChI=1S/C9H9Cl2N3O2S/c1-2-3-6-4-7-13-8(10)9(17(11,15)16)14(7)12-5-6/h4-5H,2-3H2,1H3. The average molecular weight is 294 g/mol. The molecule has 2 aromatic heterocycles. The Kier molecular flexibility index (Phi) is 3.29. The van der Waals surface area contributed by atoms with Gasteiger partial charge in [-0.25, -0.2) is 13.4 Å². The predicted molar refractivity (Wildman–Crippen MR) is 65.0 cm³/mol. The average Bonchev–Trinajstić information content (AvgIpc) is 2.52. The van der Waals surface area contributed by atoms with Gasteiger partial charge in [0.2, 0.25) is 5.03 Å². The lowest BCUT2D eigenvalue weighted by Gasteiger charge is -2.00. The van der Waals surface area contributed by atoms with Crippen LogP contribution in [0.2, 0.25) is 5.15 Å². The van der Waals surface area contributed by atoms with E-state index in [1.165, 1.54) is 0 Å². The molecule has 0 bridgehead atoms. The topological polar surface area (TPSA) is 64.3 Å². The van der Waals surface area contributed by atoms with Gasteiger partial charge in [0.1, 0.15) is 0 Å². The summed E-state index contributed by atoms with van der Waals surface area (Å²) in [4.78, 5) is 3.92. The Morgan fingerprint density at radius 3 is 2.76 bits per heavy atom. The van der Waals surface area contributed by atoms with E-state index in [2.05, 4.69) is 10.1 Å². The number of imidazole rings is 1. The molecule has 0 aliphatic rings. The third kappa shape index (κ3) is 2.38. The first-order valence-corrected chi connectivity index (χ1v) is 7.60. The van der Waals surface area contributed by atoms with Gasteiger partial charge in [-0.1, -0.05) is 24.9 Å². The molecule has 0 aromatic carbocycles. The Hall–Kier alpha value is -0.850. The molecule has 0 fully saturated rings. The minimum atomic E-state index is -3.96. The van der Waals surface area contributed by atoms with E-state index in [0.717, 1.165) is 22.9 Å². The summed E-state index contributed by atoms with van der Waals surface area (Å²) in [5.41, 5.74) is 1.35. The first-order chi connectivity index (χ1) is 7.93. The fraction of sp³-hybridized carbons (Fsp3) is 0.333. The molecule has 2 rings (SSSR count). The van der Waals surface area contributed by atoms with E-state index in [9.17, 15) is 8.42 Å². The normalized spacial score (nSPS) is 12.2. The van der Waals surface area contributed by atoms with Crippen molar-refractivity contribution in [3.8, 4) is 0 Å². The van der Waals surface area contributed by atoms with Gasteiger partial charge in [-0.3, -0.25) is 0 Å². The number of fused-ring (bicyclic) bond motifs is 1. The second kappa shape index (κ2) is 4.44. The summed E-state index contributed by atoms with van der Waals surface area (Å²) in [6.45, 7) is 2.04. The van der Waals surface area contributed by atoms with Crippen molar-refractivity contribution in [1.29, 1.82) is 0 Å². The zero-order chi connectivity index (χ0) is 12.6.